The lowest BCUT2D eigenvalue weighted by molar-refractivity contribution is -0.133. The Kier molecular flexibility index (Phi) is 6.54. The van der Waals surface area contributed by atoms with E-state index in [0.717, 1.165) is 38.3 Å². The molecule has 2 aromatic heterocycles. The molecule has 29 heavy (non-hydrogen) atoms. The van der Waals surface area contributed by atoms with Gasteiger partial charge in [0.25, 0.3) is 0 Å². The lowest BCUT2D eigenvalue weighted by Crippen LogP contribution is -2.48. The Morgan fingerprint density at radius 3 is 2.66 bits per heavy atom. The van der Waals surface area contributed by atoms with Crippen LogP contribution in [0.2, 0.25) is 0 Å². The summed E-state index contributed by atoms with van der Waals surface area (Å²) in [5.74, 6) is 2.18. The van der Waals surface area contributed by atoms with Crippen LogP contribution >= 0.6 is 0 Å². The summed E-state index contributed by atoms with van der Waals surface area (Å²) in [5, 5.41) is 3.98. The third kappa shape index (κ3) is 5.21. The molecule has 7 nitrogen and oxygen atoms in total. The Balaban J connectivity index is 1.18. The van der Waals surface area contributed by atoms with E-state index in [2.05, 4.69) is 26.9 Å². The molecule has 0 aliphatic carbocycles. The fraction of sp³-hybridized carbons (Fsp3) is 0.636. The predicted octanol–water partition coefficient (Wildman–Crippen LogP) is 3.18. The quantitative estimate of drug-likeness (QED) is 0.745. The van der Waals surface area contributed by atoms with E-state index >= 15 is 0 Å². The first-order valence-corrected chi connectivity index (χ1v) is 10.9. The van der Waals surface area contributed by atoms with E-state index in [-0.39, 0.29) is 5.91 Å². The van der Waals surface area contributed by atoms with Crippen molar-refractivity contribution in [3.8, 4) is 11.5 Å². The normalized spacial score (nSPS) is 19.6. The number of piperidine rings is 2. The van der Waals surface area contributed by atoms with Gasteiger partial charge in [0, 0.05) is 38.2 Å². The van der Waals surface area contributed by atoms with Crippen molar-refractivity contribution < 1.29 is 9.32 Å². The maximum absolute atomic E-state index is 12.6. The number of aryl methyl sites for hydroxylation is 1. The average molecular weight is 398 g/mol. The molecule has 4 rings (SSSR count). The fourth-order valence-corrected chi connectivity index (χ4v) is 4.38. The van der Waals surface area contributed by atoms with E-state index in [9.17, 15) is 4.79 Å². The highest BCUT2D eigenvalue weighted by molar-refractivity contribution is 5.76. The highest BCUT2D eigenvalue weighted by Crippen LogP contribution is 2.24. The van der Waals surface area contributed by atoms with Crippen LogP contribution in [0.25, 0.3) is 11.5 Å². The van der Waals surface area contributed by atoms with E-state index in [1.807, 2.05) is 23.1 Å². The van der Waals surface area contributed by atoms with Gasteiger partial charge >= 0.3 is 0 Å². The minimum absolute atomic E-state index is 0.250. The molecule has 0 N–H and O–H groups in total. The number of amides is 1. The van der Waals surface area contributed by atoms with Crippen molar-refractivity contribution in [2.75, 3.05) is 26.2 Å². The molecule has 0 radical (unpaired) electrons. The first-order chi connectivity index (χ1) is 14.2. The molecule has 0 atom stereocenters. The highest BCUT2D eigenvalue weighted by atomic mass is 16.5. The van der Waals surface area contributed by atoms with Crippen molar-refractivity contribution in [1.82, 2.24) is 24.9 Å². The van der Waals surface area contributed by atoms with Gasteiger partial charge in [-0.1, -0.05) is 18.1 Å². The van der Waals surface area contributed by atoms with Crippen LogP contribution in [0.15, 0.2) is 28.9 Å². The molecule has 0 bridgehead atoms. The van der Waals surface area contributed by atoms with E-state index < -0.39 is 0 Å². The summed E-state index contributed by atoms with van der Waals surface area (Å²) in [7, 11) is 0. The van der Waals surface area contributed by atoms with Crippen molar-refractivity contribution in [3.05, 3.63) is 30.3 Å². The maximum atomic E-state index is 12.6. The largest absolute Gasteiger partial charge is 0.343 e. The van der Waals surface area contributed by atoms with Gasteiger partial charge in [0.05, 0.1) is 0 Å². The number of hydrogen-bond donors (Lipinski definition) is 0. The van der Waals surface area contributed by atoms with Crippen molar-refractivity contribution in [2.45, 2.75) is 57.9 Å². The molecule has 2 saturated heterocycles. The predicted molar refractivity (Wildman–Crippen MR) is 110 cm³/mol. The van der Waals surface area contributed by atoms with Gasteiger partial charge < -0.3 is 14.3 Å². The van der Waals surface area contributed by atoms with Gasteiger partial charge in [-0.3, -0.25) is 9.78 Å². The van der Waals surface area contributed by atoms with Crippen molar-refractivity contribution in [2.24, 2.45) is 5.92 Å². The van der Waals surface area contributed by atoms with Gasteiger partial charge in [-0.25, -0.2) is 0 Å². The summed E-state index contributed by atoms with van der Waals surface area (Å²) in [6.45, 7) is 6.58. The molecule has 156 valence electrons. The number of rotatable bonds is 6. The Hall–Kier alpha value is -2.28. The lowest BCUT2D eigenvalue weighted by atomic mass is 9.95. The summed E-state index contributed by atoms with van der Waals surface area (Å²) in [4.78, 5) is 25.9. The van der Waals surface area contributed by atoms with Gasteiger partial charge in [-0.05, 0) is 63.2 Å². The number of hydrogen-bond acceptors (Lipinski definition) is 6. The Bertz CT molecular complexity index is 778. The molecule has 2 aliphatic heterocycles. The summed E-state index contributed by atoms with van der Waals surface area (Å²) < 4.78 is 5.30. The van der Waals surface area contributed by atoms with Crippen LogP contribution in [0.4, 0.5) is 0 Å². The number of carbonyl (C=O) groups excluding carboxylic acids is 1. The molecule has 0 aromatic carbocycles. The van der Waals surface area contributed by atoms with E-state index in [1.54, 1.807) is 6.20 Å². The Morgan fingerprint density at radius 1 is 1.14 bits per heavy atom. The molecular weight excluding hydrogens is 366 g/mol. The van der Waals surface area contributed by atoms with Crippen LogP contribution in [0.5, 0.6) is 0 Å². The maximum Gasteiger partial charge on any atom is 0.227 e. The molecule has 2 aromatic rings. The van der Waals surface area contributed by atoms with Gasteiger partial charge in [0.1, 0.15) is 5.69 Å². The van der Waals surface area contributed by atoms with Gasteiger partial charge in [-0.15, -0.1) is 0 Å². The second-order valence-corrected chi connectivity index (χ2v) is 8.41. The summed E-state index contributed by atoms with van der Waals surface area (Å²) in [6, 6.07) is 6.26. The van der Waals surface area contributed by atoms with E-state index in [0.29, 0.717) is 36.3 Å². The molecule has 7 heteroatoms. The number of pyridine rings is 1. The number of nitrogens with zero attached hydrogens (tertiary/aromatic N) is 5. The van der Waals surface area contributed by atoms with Crippen LogP contribution in [-0.2, 0) is 11.2 Å². The highest BCUT2D eigenvalue weighted by Gasteiger charge is 2.28. The smallest absolute Gasteiger partial charge is 0.227 e. The minimum atomic E-state index is 0.250. The topological polar surface area (TPSA) is 75.4 Å². The van der Waals surface area contributed by atoms with Gasteiger partial charge in [0.2, 0.25) is 17.6 Å². The SMILES string of the molecule is CC1CCN(C2CCN(C(=O)CCCc3nc(-c4ccccn4)no3)CC2)CC1. The van der Waals surface area contributed by atoms with Gasteiger partial charge in [0.15, 0.2) is 0 Å². The molecule has 0 saturated carbocycles. The Morgan fingerprint density at radius 2 is 1.93 bits per heavy atom. The number of carbonyl (C=O) groups is 1. The molecule has 2 aliphatic rings. The molecular formula is C22H31N5O2. The average Bonchev–Trinajstić information content (AvgIpc) is 3.24. The van der Waals surface area contributed by atoms with Crippen molar-refractivity contribution in [1.29, 1.82) is 0 Å². The first-order valence-electron chi connectivity index (χ1n) is 10.9. The number of aromatic nitrogens is 3. The molecule has 1 amide bonds. The van der Waals surface area contributed by atoms with E-state index in [1.165, 1.54) is 25.9 Å². The zero-order valence-corrected chi connectivity index (χ0v) is 17.3. The monoisotopic (exact) mass is 397 g/mol. The zero-order chi connectivity index (χ0) is 20.1. The summed E-state index contributed by atoms with van der Waals surface area (Å²) in [5.41, 5.74) is 0.699. The van der Waals surface area contributed by atoms with Crippen LogP contribution < -0.4 is 0 Å². The third-order valence-electron chi connectivity index (χ3n) is 6.30. The van der Waals surface area contributed by atoms with Crippen LogP contribution in [-0.4, -0.2) is 63.1 Å². The standard InChI is InChI=1S/C22H31N5O2/c1-17-8-13-26(14-9-17)18-10-15-27(16-11-18)21(28)7-4-6-20-24-22(25-29-20)19-5-2-3-12-23-19/h2-3,5,12,17-18H,4,6-11,13-16H2,1H3. The summed E-state index contributed by atoms with van der Waals surface area (Å²) >= 11 is 0. The van der Waals surface area contributed by atoms with Crippen molar-refractivity contribution >= 4 is 5.91 Å². The molecule has 0 unspecified atom stereocenters. The number of likely N-dealkylation sites (tertiary alicyclic amines) is 2. The minimum Gasteiger partial charge on any atom is -0.343 e. The Labute approximate surface area is 172 Å². The van der Waals surface area contributed by atoms with Crippen LogP contribution in [0.3, 0.4) is 0 Å². The zero-order valence-electron chi connectivity index (χ0n) is 17.3. The molecule has 0 spiro atoms. The van der Waals surface area contributed by atoms with Crippen molar-refractivity contribution in [3.63, 3.8) is 0 Å². The third-order valence-corrected chi connectivity index (χ3v) is 6.30. The second kappa shape index (κ2) is 9.48. The first kappa shape index (κ1) is 20.0. The molecule has 4 heterocycles. The second-order valence-electron chi connectivity index (χ2n) is 8.41. The fourth-order valence-electron chi connectivity index (χ4n) is 4.38. The van der Waals surface area contributed by atoms with Gasteiger partial charge in [-0.2, -0.15) is 4.98 Å². The van der Waals surface area contributed by atoms with Crippen LogP contribution in [0.1, 0.15) is 51.3 Å². The lowest BCUT2D eigenvalue weighted by Gasteiger charge is -2.41. The summed E-state index contributed by atoms with van der Waals surface area (Å²) in [6.07, 6.45) is 8.44. The van der Waals surface area contributed by atoms with E-state index in [4.69, 9.17) is 4.52 Å². The molecule has 2 fully saturated rings. The van der Waals surface area contributed by atoms with Crippen LogP contribution in [0, 0.1) is 5.92 Å².